The van der Waals surface area contributed by atoms with Crippen molar-refractivity contribution in [2.45, 2.75) is 50.7 Å². The van der Waals surface area contributed by atoms with Crippen molar-refractivity contribution in [2.24, 2.45) is 5.92 Å². The van der Waals surface area contributed by atoms with Gasteiger partial charge in [-0.1, -0.05) is 19.1 Å². The van der Waals surface area contributed by atoms with E-state index in [4.69, 9.17) is 4.74 Å². The number of fused-ring (bicyclic) bond motifs is 2. The van der Waals surface area contributed by atoms with Crippen LogP contribution in [-0.4, -0.2) is 58.8 Å². The standard InChI is InChI=1S/C22H30N4O/c1-3-17-12-18(24-23-17)13-26-14-20(15-4-6-19(27-2)7-5-15)22-21(26)16-8-10-25(22)11-9-16/h4-7,12,16,20-22H,3,8-11,13-14H2,1-2H3,(H,23,24)/t20-,21+,22+/m1/s1. The van der Waals surface area contributed by atoms with Crippen LogP contribution >= 0.6 is 0 Å². The number of likely N-dealkylation sites (tertiary alicyclic amines) is 1. The quantitative estimate of drug-likeness (QED) is 0.883. The molecule has 4 aliphatic rings. The Balaban J connectivity index is 1.43. The molecule has 0 radical (unpaired) electrons. The zero-order valence-electron chi connectivity index (χ0n) is 16.4. The maximum Gasteiger partial charge on any atom is 0.118 e. The molecule has 27 heavy (non-hydrogen) atoms. The van der Waals surface area contributed by atoms with E-state index in [1.54, 1.807) is 7.11 Å². The number of piperidine rings is 3. The van der Waals surface area contributed by atoms with E-state index in [1.165, 1.54) is 42.9 Å². The second kappa shape index (κ2) is 6.95. The second-order valence-electron chi connectivity index (χ2n) is 8.40. The van der Waals surface area contributed by atoms with Crippen LogP contribution in [0.25, 0.3) is 0 Å². The van der Waals surface area contributed by atoms with E-state index >= 15 is 0 Å². The summed E-state index contributed by atoms with van der Waals surface area (Å²) in [5.74, 6) is 2.37. The van der Waals surface area contributed by atoms with Gasteiger partial charge in [-0.25, -0.2) is 0 Å². The van der Waals surface area contributed by atoms with E-state index in [0.717, 1.165) is 31.2 Å². The lowest BCUT2D eigenvalue weighted by molar-refractivity contribution is -0.00898. The summed E-state index contributed by atoms with van der Waals surface area (Å²) in [5, 5.41) is 7.72. The molecule has 0 aliphatic carbocycles. The molecule has 4 aliphatic heterocycles. The lowest BCUT2D eigenvalue weighted by atomic mass is 9.75. The van der Waals surface area contributed by atoms with Crippen LogP contribution in [0.5, 0.6) is 5.75 Å². The van der Waals surface area contributed by atoms with Gasteiger partial charge in [0, 0.05) is 36.8 Å². The van der Waals surface area contributed by atoms with Gasteiger partial charge in [-0.05, 0) is 62.0 Å². The zero-order valence-corrected chi connectivity index (χ0v) is 16.4. The number of ether oxygens (including phenoxy) is 1. The third-order valence-electron chi connectivity index (χ3n) is 7.06. The SMILES string of the molecule is CCc1cc(CN2C[C@H](c3ccc(OC)cc3)[C@H]3[C@@H]2C2CCN3CC2)[nH]n1. The van der Waals surface area contributed by atoms with E-state index in [9.17, 15) is 0 Å². The molecule has 1 aromatic heterocycles. The van der Waals surface area contributed by atoms with Crippen LogP contribution in [0.1, 0.15) is 42.6 Å². The second-order valence-corrected chi connectivity index (χ2v) is 8.40. The molecule has 6 rings (SSSR count). The number of H-pyrrole nitrogens is 1. The van der Waals surface area contributed by atoms with Gasteiger partial charge in [-0.15, -0.1) is 0 Å². The first kappa shape index (κ1) is 17.3. The Kier molecular flexibility index (Phi) is 4.44. The Bertz CT molecular complexity index is 778. The van der Waals surface area contributed by atoms with Crippen LogP contribution in [0, 0.1) is 5.92 Å². The fraction of sp³-hybridized carbons (Fsp3) is 0.591. The topological polar surface area (TPSA) is 44.4 Å². The number of hydrogen-bond donors (Lipinski definition) is 1. The third kappa shape index (κ3) is 2.97. The summed E-state index contributed by atoms with van der Waals surface area (Å²) in [6.45, 7) is 6.84. The molecule has 0 amide bonds. The van der Waals surface area contributed by atoms with E-state index < -0.39 is 0 Å². The average molecular weight is 367 g/mol. The first-order valence-electron chi connectivity index (χ1n) is 10.4. The maximum absolute atomic E-state index is 5.37. The van der Waals surface area contributed by atoms with Crippen molar-refractivity contribution in [3.05, 3.63) is 47.3 Å². The number of rotatable bonds is 5. The Hall–Kier alpha value is -1.85. The van der Waals surface area contributed by atoms with Crippen LogP contribution in [0.3, 0.4) is 0 Å². The fourth-order valence-electron chi connectivity index (χ4n) is 5.76. The lowest BCUT2D eigenvalue weighted by Gasteiger charge is -2.51. The van der Waals surface area contributed by atoms with E-state index in [1.807, 2.05) is 0 Å². The summed E-state index contributed by atoms with van der Waals surface area (Å²) >= 11 is 0. The zero-order chi connectivity index (χ0) is 18.4. The number of hydrogen-bond acceptors (Lipinski definition) is 4. The molecule has 3 atom stereocenters. The van der Waals surface area contributed by atoms with Gasteiger partial charge in [-0.3, -0.25) is 14.9 Å². The van der Waals surface area contributed by atoms with Gasteiger partial charge in [-0.2, -0.15) is 5.10 Å². The molecule has 2 bridgehead atoms. The molecular weight excluding hydrogens is 336 g/mol. The summed E-state index contributed by atoms with van der Waals surface area (Å²) in [4.78, 5) is 5.51. The number of nitrogens with one attached hydrogen (secondary N) is 1. The van der Waals surface area contributed by atoms with Crippen molar-refractivity contribution in [1.29, 1.82) is 0 Å². The molecule has 144 valence electrons. The van der Waals surface area contributed by atoms with Gasteiger partial charge < -0.3 is 4.74 Å². The summed E-state index contributed by atoms with van der Waals surface area (Å²) < 4.78 is 5.37. The van der Waals surface area contributed by atoms with Crippen molar-refractivity contribution >= 4 is 0 Å². The molecule has 1 aromatic carbocycles. The molecule has 1 N–H and O–H groups in total. The number of aryl methyl sites for hydroxylation is 1. The number of aromatic nitrogens is 2. The number of methoxy groups -OCH3 is 1. The van der Waals surface area contributed by atoms with E-state index in [0.29, 0.717) is 18.0 Å². The summed E-state index contributed by atoms with van der Waals surface area (Å²) in [6.07, 6.45) is 3.71. The molecule has 5 heterocycles. The Morgan fingerprint density at radius 3 is 2.59 bits per heavy atom. The Morgan fingerprint density at radius 2 is 1.93 bits per heavy atom. The predicted molar refractivity (Wildman–Crippen MR) is 106 cm³/mol. The molecule has 0 spiro atoms. The molecule has 5 heteroatoms. The highest BCUT2D eigenvalue weighted by molar-refractivity contribution is 5.33. The molecule has 2 aromatic rings. The van der Waals surface area contributed by atoms with Gasteiger partial charge >= 0.3 is 0 Å². The summed E-state index contributed by atoms with van der Waals surface area (Å²) in [5.41, 5.74) is 3.89. The summed E-state index contributed by atoms with van der Waals surface area (Å²) in [7, 11) is 1.74. The number of nitrogens with zero attached hydrogens (tertiary/aromatic N) is 3. The molecule has 0 saturated carbocycles. The lowest BCUT2D eigenvalue weighted by Crippen LogP contribution is -2.60. The average Bonchev–Trinajstić information content (AvgIpc) is 3.35. The van der Waals surface area contributed by atoms with Crippen LogP contribution in [0.15, 0.2) is 30.3 Å². The largest absolute Gasteiger partial charge is 0.497 e. The van der Waals surface area contributed by atoms with Gasteiger partial charge in [0.15, 0.2) is 0 Å². The number of benzene rings is 1. The fourth-order valence-corrected chi connectivity index (χ4v) is 5.76. The van der Waals surface area contributed by atoms with Crippen molar-refractivity contribution in [3.63, 3.8) is 0 Å². The minimum atomic E-state index is 0.581. The molecule has 0 unspecified atom stereocenters. The van der Waals surface area contributed by atoms with Gasteiger partial charge in [0.1, 0.15) is 5.75 Å². The van der Waals surface area contributed by atoms with E-state index in [2.05, 4.69) is 57.3 Å². The van der Waals surface area contributed by atoms with Crippen molar-refractivity contribution in [1.82, 2.24) is 20.0 Å². The monoisotopic (exact) mass is 366 g/mol. The third-order valence-corrected chi connectivity index (χ3v) is 7.06. The van der Waals surface area contributed by atoms with Gasteiger partial charge in [0.25, 0.3) is 0 Å². The highest BCUT2D eigenvalue weighted by Gasteiger charge is 2.53. The molecule has 5 nitrogen and oxygen atoms in total. The van der Waals surface area contributed by atoms with Crippen molar-refractivity contribution < 1.29 is 4.74 Å². The van der Waals surface area contributed by atoms with Crippen molar-refractivity contribution in [3.8, 4) is 5.75 Å². The first-order chi connectivity index (χ1) is 13.3. The summed E-state index contributed by atoms with van der Waals surface area (Å²) in [6, 6.07) is 12.4. The molecule has 4 saturated heterocycles. The minimum Gasteiger partial charge on any atom is -0.497 e. The van der Waals surface area contributed by atoms with Crippen LogP contribution in [0.2, 0.25) is 0 Å². The van der Waals surface area contributed by atoms with Gasteiger partial charge in [0.05, 0.1) is 12.8 Å². The van der Waals surface area contributed by atoms with Crippen molar-refractivity contribution in [2.75, 3.05) is 26.7 Å². The van der Waals surface area contributed by atoms with Gasteiger partial charge in [0.2, 0.25) is 0 Å². The Morgan fingerprint density at radius 1 is 1.15 bits per heavy atom. The van der Waals surface area contributed by atoms with Crippen LogP contribution in [0.4, 0.5) is 0 Å². The van der Waals surface area contributed by atoms with Crippen LogP contribution in [-0.2, 0) is 13.0 Å². The highest BCUT2D eigenvalue weighted by atomic mass is 16.5. The Labute approximate surface area is 161 Å². The minimum absolute atomic E-state index is 0.581. The maximum atomic E-state index is 5.37. The first-order valence-corrected chi connectivity index (χ1v) is 10.4. The van der Waals surface area contributed by atoms with Crippen LogP contribution < -0.4 is 4.74 Å². The number of aromatic amines is 1. The predicted octanol–water partition coefficient (Wildman–Crippen LogP) is 3.04. The van der Waals surface area contributed by atoms with E-state index in [-0.39, 0.29) is 0 Å². The molecular formula is C22H30N4O. The normalized spacial score (nSPS) is 32.6. The molecule has 4 fully saturated rings. The highest BCUT2D eigenvalue weighted by Crippen LogP contribution is 2.47. The smallest absolute Gasteiger partial charge is 0.118 e.